The SMILES string of the molecule is CCN(CC)c1ccc(CN2C[C@@H](NCc3c(F)cccc3F)C[C@H]2C(=O)NCc2cccnc2)cc1. The molecule has 8 heteroatoms. The van der Waals surface area contributed by atoms with E-state index in [0.29, 0.717) is 26.1 Å². The molecule has 196 valence electrons. The quantitative estimate of drug-likeness (QED) is 0.406. The maximum atomic E-state index is 14.1. The van der Waals surface area contributed by atoms with Crippen molar-refractivity contribution < 1.29 is 13.6 Å². The van der Waals surface area contributed by atoms with Gasteiger partial charge in [0.2, 0.25) is 5.91 Å². The number of rotatable bonds is 11. The molecule has 0 bridgehead atoms. The van der Waals surface area contributed by atoms with Crippen LogP contribution in [0.15, 0.2) is 67.0 Å². The lowest BCUT2D eigenvalue weighted by Crippen LogP contribution is -2.42. The first kappa shape index (κ1) is 26.7. The van der Waals surface area contributed by atoms with Gasteiger partial charge in [-0.2, -0.15) is 0 Å². The van der Waals surface area contributed by atoms with E-state index in [-0.39, 0.29) is 30.1 Å². The molecule has 2 heterocycles. The molecular formula is C29H35F2N5O. The Morgan fingerprint density at radius 1 is 1.00 bits per heavy atom. The highest BCUT2D eigenvalue weighted by atomic mass is 19.1. The summed E-state index contributed by atoms with van der Waals surface area (Å²) in [6.07, 6.45) is 3.98. The van der Waals surface area contributed by atoms with Gasteiger partial charge in [-0.05, 0) is 61.7 Å². The first-order valence-electron chi connectivity index (χ1n) is 12.9. The molecule has 2 N–H and O–H groups in total. The summed E-state index contributed by atoms with van der Waals surface area (Å²) >= 11 is 0. The van der Waals surface area contributed by atoms with Crippen molar-refractivity contribution in [3.8, 4) is 0 Å². The maximum Gasteiger partial charge on any atom is 0.237 e. The van der Waals surface area contributed by atoms with E-state index in [1.54, 1.807) is 12.4 Å². The van der Waals surface area contributed by atoms with Crippen LogP contribution in [0.4, 0.5) is 14.5 Å². The molecule has 0 aliphatic carbocycles. The summed E-state index contributed by atoms with van der Waals surface area (Å²) in [5.41, 5.74) is 3.23. The summed E-state index contributed by atoms with van der Waals surface area (Å²) < 4.78 is 28.3. The fourth-order valence-corrected chi connectivity index (χ4v) is 4.89. The molecule has 1 aliphatic rings. The van der Waals surface area contributed by atoms with Crippen molar-refractivity contribution in [3.05, 3.63) is 95.3 Å². The Kier molecular flexibility index (Phi) is 9.19. The van der Waals surface area contributed by atoms with Crippen molar-refractivity contribution in [2.24, 2.45) is 0 Å². The van der Waals surface area contributed by atoms with E-state index >= 15 is 0 Å². The smallest absolute Gasteiger partial charge is 0.237 e. The molecule has 0 unspecified atom stereocenters. The lowest BCUT2D eigenvalue weighted by Gasteiger charge is -2.25. The molecule has 3 aromatic rings. The summed E-state index contributed by atoms with van der Waals surface area (Å²) in [4.78, 5) is 21.8. The Labute approximate surface area is 217 Å². The van der Waals surface area contributed by atoms with E-state index in [9.17, 15) is 13.6 Å². The van der Waals surface area contributed by atoms with Crippen molar-refractivity contribution in [1.29, 1.82) is 0 Å². The molecule has 0 saturated carbocycles. The number of pyridine rings is 1. The minimum atomic E-state index is -0.568. The number of aromatic nitrogens is 1. The van der Waals surface area contributed by atoms with Gasteiger partial charge in [0.25, 0.3) is 0 Å². The van der Waals surface area contributed by atoms with Gasteiger partial charge in [-0.3, -0.25) is 14.7 Å². The van der Waals surface area contributed by atoms with Gasteiger partial charge in [-0.25, -0.2) is 8.78 Å². The largest absolute Gasteiger partial charge is 0.372 e. The van der Waals surface area contributed by atoms with Crippen molar-refractivity contribution in [1.82, 2.24) is 20.5 Å². The number of carbonyl (C=O) groups excluding carboxylic acids is 1. The van der Waals surface area contributed by atoms with E-state index in [1.807, 2.05) is 12.1 Å². The van der Waals surface area contributed by atoms with Crippen LogP contribution in [0.2, 0.25) is 0 Å². The molecule has 0 radical (unpaired) electrons. The number of nitrogens with zero attached hydrogens (tertiary/aromatic N) is 3. The zero-order valence-electron chi connectivity index (χ0n) is 21.5. The van der Waals surface area contributed by atoms with E-state index < -0.39 is 11.6 Å². The number of nitrogens with one attached hydrogen (secondary N) is 2. The van der Waals surface area contributed by atoms with Crippen molar-refractivity contribution >= 4 is 11.6 Å². The molecule has 2 atom stereocenters. The van der Waals surface area contributed by atoms with E-state index in [2.05, 4.69) is 63.5 Å². The van der Waals surface area contributed by atoms with Crippen LogP contribution in [0.25, 0.3) is 0 Å². The van der Waals surface area contributed by atoms with Gasteiger partial charge in [-0.1, -0.05) is 24.3 Å². The fourth-order valence-electron chi connectivity index (χ4n) is 4.89. The van der Waals surface area contributed by atoms with Gasteiger partial charge in [0.15, 0.2) is 0 Å². The molecule has 1 fully saturated rings. The number of carbonyl (C=O) groups is 1. The minimum absolute atomic E-state index is 0.0190. The number of benzene rings is 2. The standard InChI is InChI=1S/C29H35F2N5O/c1-3-35(4-2)24-12-10-21(11-13-24)19-36-20-23(33-18-25-26(30)8-5-9-27(25)31)15-28(36)29(37)34-17-22-7-6-14-32-16-22/h5-14,16,23,28,33H,3-4,15,17-20H2,1-2H3,(H,34,37)/t23-,28-/m0/s1. The molecule has 4 rings (SSSR count). The second-order valence-electron chi connectivity index (χ2n) is 9.38. The third-order valence-electron chi connectivity index (χ3n) is 6.98. The number of amides is 1. The van der Waals surface area contributed by atoms with E-state index in [0.717, 1.165) is 24.2 Å². The Balaban J connectivity index is 1.45. The van der Waals surface area contributed by atoms with Crippen molar-refractivity contribution in [2.45, 2.75) is 52.0 Å². The Morgan fingerprint density at radius 3 is 2.38 bits per heavy atom. The normalized spacial score (nSPS) is 17.6. The number of anilines is 1. The predicted octanol–water partition coefficient (Wildman–Crippen LogP) is 4.26. The van der Waals surface area contributed by atoms with Crippen LogP contribution < -0.4 is 15.5 Å². The second kappa shape index (κ2) is 12.7. The third-order valence-corrected chi connectivity index (χ3v) is 6.98. The Hall–Kier alpha value is -3.36. The first-order valence-corrected chi connectivity index (χ1v) is 12.9. The van der Waals surface area contributed by atoms with Crippen LogP contribution in [0.3, 0.4) is 0 Å². The van der Waals surface area contributed by atoms with Crippen LogP contribution >= 0.6 is 0 Å². The van der Waals surface area contributed by atoms with Gasteiger partial charge < -0.3 is 15.5 Å². The van der Waals surface area contributed by atoms with Gasteiger partial charge in [0, 0.05) is 69.0 Å². The summed E-state index contributed by atoms with van der Waals surface area (Å²) in [5, 5.41) is 6.31. The Morgan fingerprint density at radius 2 is 1.73 bits per heavy atom. The molecule has 1 aromatic heterocycles. The van der Waals surface area contributed by atoms with E-state index in [4.69, 9.17) is 0 Å². The zero-order valence-corrected chi connectivity index (χ0v) is 21.5. The number of hydrogen-bond acceptors (Lipinski definition) is 5. The minimum Gasteiger partial charge on any atom is -0.372 e. The molecule has 6 nitrogen and oxygen atoms in total. The molecule has 1 amide bonds. The zero-order chi connectivity index (χ0) is 26.2. The summed E-state index contributed by atoms with van der Waals surface area (Å²) in [7, 11) is 0. The monoisotopic (exact) mass is 507 g/mol. The molecule has 1 aliphatic heterocycles. The van der Waals surface area contributed by atoms with Crippen molar-refractivity contribution in [2.75, 3.05) is 24.5 Å². The second-order valence-corrected chi connectivity index (χ2v) is 9.38. The molecular weight excluding hydrogens is 472 g/mol. The van der Waals surface area contributed by atoms with Crippen LogP contribution in [0.1, 0.15) is 37.0 Å². The lowest BCUT2D eigenvalue weighted by molar-refractivity contribution is -0.125. The van der Waals surface area contributed by atoms with Crippen molar-refractivity contribution in [3.63, 3.8) is 0 Å². The predicted molar refractivity (Wildman–Crippen MR) is 142 cm³/mol. The maximum absolute atomic E-state index is 14.1. The van der Waals surface area contributed by atoms with Gasteiger partial charge in [-0.15, -0.1) is 0 Å². The summed E-state index contributed by atoms with van der Waals surface area (Å²) in [6.45, 7) is 7.82. The molecule has 2 aromatic carbocycles. The highest BCUT2D eigenvalue weighted by Gasteiger charge is 2.36. The van der Waals surface area contributed by atoms with Gasteiger partial charge >= 0.3 is 0 Å². The number of hydrogen-bond donors (Lipinski definition) is 2. The number of halogens is 2. The summed E-state index contributed by atoms with van der Waals surface area (Å²) in [5.74, 6) is -1.20. The van der Waals surface area contributed by atoms with Crippen LogP contribution in [0, 0.1) is 11.6 Å². The average molecular weight is 508 g/mol. The average Bonchev–Trinajstić information content (AvgIpc) is 3.32. The topological polar surface area (TPSA) is 60.5 Å². The van der Waals surface area contributed by atoms with Gasteiger partial charge in [0.05, 0.1) is 6.04 Å². The third kappa shape index (κ3) is 6.90. The summed E-state index contributed by atoms with van der Waals surface area (Å²) in [6, 6.07) is 15.7. The van der Waals surface area contributed by atoms with Gasteiger partial charge in [0.1, 0.15) is 11.6 Å². The van der Waals surface area contributed by atoms with Crippen LogP contribution in [-0.2, 0) is 24.4 Å². The highest BCUT2D eigenvalue weighted by Crippen LogP contribution is 2.24. The highest BCUT2D eigenvalue weighted by molar-refractivity contribution is 5.82. The van der Waals surface area contributed by atoms with E-state index in [1.165, 1.54) is 23.9 Å². The number of likely N-dealkylation sites (tertiary alicyclic amines) is 1. The van der Waals surface area contributed by atoms with Crippen LogP contribution in [0.5, 0.6) is 0 Å². The Bertz CT molecular complexity index is 1130. The first-order chi connectivity index (χ1) is 18.0. The molecule has 37 heavy (non-hydrogen) atoms. The molecule has 1 saturated heterocycles. The fraction of sp³-hybridized carbons (Fsp3) is 0.379. The van der Waals surface area contributed by atoms with Crippen LogP contribution in [-0.4, -0.2) is 47.5 Å². The lowest BCUT2D eigenvalue weighted by atomic mass is 10.1. The molecule has 0 spiro atoms.